The molecule has 0 fully saturated rings. The van der Waals surface area contributed by atoms with Gasteiger partial charge < -0.3 is 0 Å². The van der Waals surface area contributed by atoms with Gasteiger partial charge in [0.2, 0.25) is 6.08 Å². The van der Waals surface area contributed by atoms with Crippen molar-refractivity contribution in [2.24, 2.45) is 4.99 Å². The topological polar surface area (TPSA) is 29.4 Å². The SMILES string of the molecule is O=C=Nc1ccc(C#Cc2ccc3c(c2)sc2ccccc23)cc1. The van der Waals surface area contributed by atoms with E-state index in [0.717, 1.165) is 11.1 Å². The molecule has 3 heteroatoms. The molecular formula is C21H11NOS. The highest BCUT2D eigenvalue weighted by Crippen LogP contribution is 2.33. The number of isocyanates is 1. The van der Waals surface area contributed by atoms with Gasteiger partial charge in [0.1, 0.15) is 0 Å². The molecule has 0 aliphatic heterocycles. The Morgan fingerprint density at radius 1 is 0.750 bits per heavy atom. The molecule has 0 amide bonds. The molecule has 112 valence electrons. The van der Waals surface area contributed by atoms with Gasteiger partial charge in [0.05, 0.1) is 5.69 Å². The average molecular weight is 325 g/mol. The maximum Gasteiger partial charge on any atom is 0.240 e. The number of hydrogen-bond acceptors (Lipinski definition) is 3. The van der Waals surface area contributed by atoms with Gasteiger partial charge in [0.25, 0.3) is 0 Å². The van der Waals surface area contributed by atoms with Crippen LogP contribution >= 0.6 is 11.3 Å². The lowest BCUT2D eigenvalue weighted by Gasteiger charge is -1.94. The summed E-state index contributed by atoms with van der Waals surface area (Å²) in [7, 11) is 0. The highest BCUT2D eigenvalue weighted by atomic mass is 32.1. The smallest absolute Gasteiger partial charge is 0.211 e. The highest BCUT2D eigenvalue weighted by molar-refractivity contribution is 7.25. The number of benzene rings is 3. The molecule has 0 unspecified atom stereocenters. The van der Waals surface area contributed by atoms with Crippen LogP contribution < -0.4 is 0 Å². The molecule has 24 heavy (non-hydrogen) atoms. The Morgan fingerprint density at radius 3 is 2.29 bits per heavy atom. The Labute approximate surface area is 143 Å². The van der Waals surface area contributed by atoms with Crippen molar-refractivity contribution in [2.45, 2.75) is 0 Å². The minimum absolute atomic E-state index is 0.585. The van der Waals surface area contributed by atoms with E-state index >= 15 is 0 Å². The van der Waals surface area contributed by atoms with Crippen LogP contribution in [0.25, 0.3) is 20.2 Å². The van der Waals surface area contributed by atoms with Gasteiger partial charge in [-0.3, -0.25) is 0 Å². The summed E-state index contributed by atoms with van der Waals surface area (Å²) in [6.07, 6.45) is 1.53. The summed E-state index contributed by atoms with van der Waals surface area (Å²) in [4.78, 5) is 13.8. The molecule has 3 aromatic carbocycles. The molecule has 1 aromatic heterocycles. The van der Waals surface area contributed by atoms with Crippen molar-refractivity contribution in [1.82, 2.24) is 0 Å². The van der Waals surface area contributed by atoms with Gasteiger partial charge in [0.15, 0.2) is 0 Å². The van der Waals surface area contributed by atoms with Gasteiger partial charge in [-0.2, -0.15) is 4.99 Å². The third-order valence-electron chi connectivity index (χ3n) is 3.77. The molecule has 0 N–H and O–H groups in total. The molecule has 4 aromatic rings. The summed E-state index contributed by atoms with van der Waals surface area (Å²) in [5.74, 6) is 6.34. The predicted octanol–water partition coefficient (Wildman–Crippen LogP) is 5.42. The van der Waals surface area contributed by atoms with Crippen molar-refractivity contribution in [1.29, 1.82) is 0 Å². The maximum absolute atomic E-state index is 10.2. The third kappa shape index (κ3) is 2.73. The minimum atomic E-state index is 0.585. The number of nitrogens with zero attached hydrogens (tertiary/aromatic N) is 1. The van der Waals surface area contributed by atoms with Crippen molar-refractivity contribution < 1.29 is 4.79 Å². The zero-order valence-electron chi connectivity index (χ0n) is 12.6. The van der Waals surface area contributed by atoms with Crippen LogP contribution in [0.2, 0.25) is 0 Å². The number of thiophene rings is 1. The van der Waals surface area contributed by atoms with Crippen LogP contribution in [0.1, 0.15) is 11.1 Å². The first kappa shape index (κ1) is 14.4. The molecule has 4 rings (SSSR count). The van der Waals surface area contributed by atoms with Crippen LogP contribution in [-0.2, 0) is 4.79 Å². The molecule has 0 saturated heterocycles. The van der Waals surface area contributed by atoms with E-state index in [9.17, 15) is 4.79 Å². The lowest BCUT2D eigenvalue weighted by Crippen LogP contribution is -1.76. The van der Waals surface area contributed by atoms with Crippen LogP contribution in [0.4, 0.5) is 5.69 Å². The monoisotopic (exact) mass is 325 g/mol. The Bertz CT molecular complexity index is 1150. The van der Waals surface area contributed by atoms with E-state index in [1.165, 1.54) is 26.3 Å². The van der Waals surface area contributed by atoms with Gasteiger partial charge in [-0.1, -0.05) is 36.1 Å². The fraction of sp³-hybridized carbons (Fsp3) is 0. The Balaban J connectivity index is 1.70. The normalized spacial score (nSPS) is 10.2. The number of hydrogen-bond donors (Lipinski definition) is 0. The van der Waals surface area contributed by atoms with Crippen LogP contribution in [-0.4, -0.2) is 6.08 Å². The molecule has 0 aliphatic carbocycles. The van der Waals surface area contributed by atoms with E-state index in [4.69, 9.17) is 0 Å². The van der Waals surface area contributed by atoms with Gasteiger partial charge in [0, 0.05) is 31.3 Å². The zero-order chi connectivity index (χ0) is 16.4. The van der Waals surface area contributed by atoms with Crippen molar-refractivity contribution in [3.05, 3.63) is 77.9 Å². The Morgan fingerprint density at radius 2 is 1.46 bits per heavy atom. The first-order valence-electron chi connectivity index (χ1n) is 7.45. The van der Waals surface area contributed by atoms with Crippen molar-refractivity contribution in [3.8, 4) is 11.8 Å². The highest BCUT2D eigenvalue weighted by Gasteiger charge is 2.04. The summed E-state index contributed by atoms with van der Waals surface area (Å²) in [5, 5.41) is 2.57. The molecule has 0 bridgehead atoms. The number of rotatable bonds is 1. The minimum Gasteiger partial charge on any atom is -0.211 e. The van der Waals surface area contributed by atoms with Crippen molar-refractivity contribution in [3.63, 3.8) is 0 Å². The lowest BCUT2D eigenvalue weighted by atomic mass is 10.1. The maximum atomic E-state index is 10.2. The molecule has 0 spiro atoms. The fourth-order valence-electron chi connectivity index (χ4n) is 2.62. The van der Waals surface area contributed by atoms with Gasteiger partial charge in [-0.05, 0) is 42.5 Å². The first-order chi connectivity index (χ1) is 11.8. The molecule has 0 radical (unpaired) electrons. The second-order valence-corrected chi connectivity index (χ2v) is 6.39. The Kier molecular flexibility index (Phi) is 3.69. The average Bonchev–Trinajstić information content (AvgIpc) is 2.99. The molecule has 2 nitrogen and oxygen atoms in total. The van der Waals surface area contributed by atoms with Crippen LogP contribution in [0.5, 0.6) is 0 Å². The van der Waals surface area contributed by atoms with Crippen LogP contribution in [0.15, 0.2) is 71.7 Å². The molecule has 1 heterocycles. The summed E-state index contributed by atoms with van der Waals surface area (Å²) < 4.78 is 2.54. The molecular weight excluding hydrogens is 314 g/mol. The number of fused-ring (bicyclic) bond motifs is 3. The molecule has 0 aliphatic rings. The molecule has 0 saturated carbocycles. The van der Waals surface area contributed by atoms with Crippen molar-refractivity contribution >= 4 is 43.3 Å². The van der Waals surface area contributed by atoms with Gasteiger partial charge in [-0.15, -0.1) is 11.3 Å². The summed E-state index contributed by atoms with van der Waals surface area (Å²) in [5.41, 5.74) is 2.46. The summed E-state index contributed by atoms with van der Waals surface area (Å²) >= 11 is 1.79. The third-order valence-corrected chi connectivity index (χ3v) is 4.91. The van der Waals surface area contributed by atoms with E-state index in [0.29, 0.717) is 5.69 Å². The lowest BCUT2D eigenvalue weighted by molar-refractivity contribution is 0.565. The van der Waals surface area contributed by atoms with E-state index in [2.05, 4.69) is 59.3 Å². The van der Waals surface area contributed by atoms with Gasteiger partial charge >= 0.3 is 0 Å². The standard InChI is InChI=1S/C21H11NOS/c23-14-22-17-10-7-15(8-11-17)5-6-16-9-12-19-18-3-1-2-4-20(18)24-21(19)13-16/h1-4,7-13H. The first-order valence-corrected chi connectivity index (χ1v) is 8.26. The van der Waals surface area contributed by atoms with E-state index in [1.54, 1.807) is 23.5 Å². The van der Waals surface area contributed by atoms with Gasteiger partial charge in [-0.25, -0.2) is 4.79 Å². The second-order valence-electron chi connectivity index (χ2n) is 5.31. The molecule has 0 atom stereocenters. The van der Waals surface area contributed by atoms with E-state index in [-0.39, 0.29) is 0 Å². The van der Waals surface area contributed by atoms with E-state index in [1.807, 2.05) is 12.1 Å². The van der Waals surface area contributed by atoms with E-state index < -0.39 is 0 Å². The number of aliphatic imine (C=N–C) groups is 1. The summed E-state index contributed by atoms with van der Waals surface area (Å²) in [6.45, 7) is 0. The van der Waals surface area contributed by atoms with Crippen molar-refractivity contribution in [2.75, 3.05) is 0 Å². The van der Waals surface area contributed by atoms with Crippen LogP contribution in [0, 0.1) is 11.8 Å². The second kappa shape index (κ2) is 6.14. The summed E-state index contributed by atoms with van der Waals surface area (Å²) in [6, 6.07) is 22.0. The quantitative estimate of drug-likeness (QED) is 0.261. The zero-order valence-corrected chi connectivity index (χ0v) is 13.4. The van der Waals surface area contributed by atoms with Crippen LogP contribution in [0.3, 0.4) is 0 Å². The fourth-order valence-corrected chi connectivity index (χ4v) is 3.77. The number of carbonyl (C=O) groups excluding carboxylic acids is 1. The largest absolute Gasteiger partial charge is 0.240 e. The Hall–Kier alpha value is -3.18. The predicted molar refractivity (Wildman–Crippen MR) is 99.5 cm³/mol.